The van der Waals surface area contributed by atoms with E-state index in [1.54, 1.807) is 7.11 Å². The fourth-order valence-electron chi connectivity index (χ4n) is 1.47. The molecule has 0 bridgehead atoms. The maximum Gasteiger partial charge on any atom is 0.239 e. The first-order chi connectivity index (χ1) is 8.13. The van der Waals surface area contributed by atoms with Gasteiger partial charge >= 0.3 is 0 Å². The molecule has 0 aromatic rings. The van der Waals surface area contributed by atoms with Gasteiger partial charge in [-0.05, 0) is 12.3 Å². The van der Waals surface area contributed by atoms with E-state index < -0.39 is 6.04 Å². The zero-order valence-corrected chi connectivity index (χ0v) is 10.2. The van der Waals surface area contributed by atoms with Crippen LogP contribution < -0.4 is 16.4 Å². The molecule has 1 saturated carbocycles. The number of carbonyl (C=O) groups is 2. The summed E-state index contributed by atoms with van der Waals surface area (Å²) in [6.07, 6.45) is 3.05. The molecule has 1 aliphatic rings. The Bertz CT molecular complexity index is 267. The number of carbonyl (C=O) groups excluding carboxylic acids is 2. The fraction of sp³-hybridized carbons (Fsp3) is 0.818. The van der Waals surface area contributed by atoms with Gasteiger partial charge in [0.25, 0.3) is 0 Å². The summed E-state index contributed by atoms with van der Waals surface area (Å²) in [4.78, 5) is 22.8. The Hall–Kier alpha value is -1.14. The molecule has 0 spiro atoms. The van der Waals surface area contributed by atoms with Gasteiger partial charge in [0.05, 0.1) is 19.2 Å². The first kappa shape index (κ1) is 13.9. The molecule has 0 aliphatic heterocycles. The molecule has 1 rings (SSSR count). The quantitative estimate of drug-likeness (QED) is 0.476. The maximum absolute atomic E-state index is 11.5. The van der Waals surface area contributed by atoms with E-state index >= 15 is 0 Å². The molecular formula is C11H21N3O3. The number of nitrogens with two attached hydrogens (primary N) is 1. The van der Waals surface area contributed by atoms with Gasteiger partial charge in [0.1, 0.15) is 0 Å². The molecule has 0 aromatic heterocycles. The minimum Gasteiger partial charge on any atom is -0.383 e. The van der Waals surface area contributed by atoms with Crippen molar-refractivity contribution in [3.8, 4) is 0 Å². The van der Waals surface area contributed by atoms with Crippen LogP contribution in [0.4, 0.5) is 0 Å². The van der Waals surface area contributed by atoms with Gasteiger partial charge in [0, 0.05) is 13.7 Å². The lowest BCUT2D eigenvalue weighted by Crippen LogP contribution is -2.45. The molecule has 98 valence electrons. The SMILES string of the molecule is COCCNC(=O)CNC(=O)C(N)CC1CC1. The number of hydrogen-bond acceptors (Lipinski definition) is 4. The van der Waals surface area contributed by atoms with Crippen LogP contribution in [0.1, 0.15) is 19.3 Å². The van der Waals surface area contributed by atoms with Crippen molar-refractivity contribution in [3.05, 3.63) is 0 Å². The van der Waals surface area contributed by atoms with E-state index in [-0.39, 0.29) is 18.4 Å². The van der Waals surface area contributed by atoms with Crippen LogP contribution in [0, 0.1) is 5.92 Å². The summed E-state index contributed by atoms with van der Waals surface area (Å²) in [6.45, 7) is 0.876. The van der Waals surface area contributed by atoms with Crippen LogP contribution in [0.25, 0.3) is 0 Å². The minimum atomic E-state index is -0.491. The summed E-state index contributed by atoms with van der Waals surface area (Å²) in [7, 11) is 1.56. The Kier molecular flexibility index (Phi) is 5.93. The van der Waals surface area contributed by atoms with Crippen molar-refractivity contribution in [2.24, 2.45) is 11.7 Å². The van der Waals surface area contributed by atoms with E-state index in [0.29, 0.717) is 19.1 Å². The molecule has 4 N–H and O–H groups in total. The first-order valence-corrected chi connectivity index (χ1v) is 5.92. The summed E-state index contributed by atoms with van der Waals surface area (Å²) in [5, 5.41) is 5.14. The van der Waals surface area contributed by atoms with E-state index in [1.165, 1.54) is 12.8 Å². The predicted molar refractivity (Wildman–Crippen MR) is 63.2 cm³/mol. The van der Waals surface area contributed by atoms with Gasteiger partial charge in [-0.2, -0.15) is 0 Å². The van der Waals surface area contributed by atoms with Gasteiger partial charge in [-0.1, -0.05) is 12.8 Å². The fourth-order valence-corrected chi connectivity index (χ4v) is 1.47. The van der Waals surface area contributed by atoms with E-state index in [4.69, 9.17) is 10.5 Å². The molecular weight excluding hydrogens is 222 g/mol. The van der Waals surface area contributed by atoms with Crippen LogP contribution in [0.3, 0.4) is 0 Å². The van der Waals surface area contributed by atoms with Gasteiger partial charge in [0.15, 0.2) is 0 Å². The zero-order valence-electron chi connectivity index (χ0n) is 10.2. The van der Waals surface area contributed by atoms with Gasteiger partial charge in [0.2, 0.25) is 11.8 Å². The Morgan fingerprint density at radius 1 is 1.41 bits per heavy atom. The molecule has 2 amide bonds. The van der Waals surface area contributed by atoms with Crippen molar-refractivity contribution in [2.45, 2.75) is 25.3 Å². The standard InChI is InChI=1S/C11H21N3O3/c1-17-5-4-13-10(15)7-14-11(16)9(12)6-8-2-3-8/h8-9H,2-7,12H2,1H3,(H,13,15)(H,14,16). The maximum atomic E-state index is 11.5. The second kappa shape index (κ2) is 7.24. The predicted octanol–water partition coefficient (Wildman–Crippen LogP) is -1.01. The molecule has 0 radical (unpaired) electrons. The van der Waals surface area contributed by atoms with Crippen LogP contribution in [0.2, 0.25) is 0 Å². The molecule has 0 saturated heterocycles. The summed E-state index contributed by atoms with van der Waals surface area (Å²) in [5.41, 5.74) is 5.70. The molecule has 6 heteroatoms. The number of hydrogen-bond donors (Lipinski definition) is 3. The normalized spacial score (nSPS) is 16.4. The highest BCUT2D eigenvalue weighted by Gasteiger charge is 2.26. The number of rotatable bonds is 8. The molecule has 17 heavy (non-hydrogen) atoms. The number of ether oxygens (including phenoxy) is 1. The Balaban J connectivity index is 2.06. The smallest absolute Gasteiger partial charge is 0.239 e. The lowest BCUT2D eigenvalue weighted by Gasteiger charge is -2.11. The van der Waals surface area contributed by atoms with E-state index in [9.17, 15) is 9.59 Å². The second-order valence-electron chi connectivity index (χ2n) is 4.35. The van der Waals surface area contributed by atoms with Crippen LogP contribution in [0.5, 0.6) is 0 Å². The Morgan fingerprint density at radius 2 is 2.12 bits per heavy atom. The number of methoxy groups -OCH3 is 1. The monoisotopic (exact) mass is 243 g/mol. The Labute approximate surface area is 101 Å². The molecule has 0 aromatic carbocycles. The third-order valence-electron chi connectivity index (χ3n) is 2.67. The van der Waals surface area contributed by atoms with Gasteiger partial charge in [-0.15, -0.1) is 0 Å². The first-order valence-electron chi connectivity index (χ1n) is 5.92. The third kappa shape index (κ3) is 6.23. The summed E-state index contributed by atoms with van der Waals surface area (Å²) >= 11 is 0. The van der Waals surface area contributed by atoms with Crippen molar-refractivity contribution < 1.29 is 14.3 Å². The summed E-state index contributed by atoms with van der Waals surface area (Å²) < 4.78 is 4.78. The van der Waals surface area contributed by atoms with E-state index in [1.807, 2.05) is 0 Å². The third-order valence-corrected chi connectivity index (χ3v) is 2.67. The minimum absolute atomic E-state index is 0.0269. The number of nitrogens with one attached hydrogen (secondary N) is 2. The Morgan fingerprint density at radius 3 is 2.71 bits per heavy atom. The summed E-state index contributed by atoms with van der Waals surface area (Å²) in [5.74, 6) is 0.124. The van der Waals surface area contributed by atoms with Crippen molar-refractivity contribution in [1.29, 1.82) is 0 Å². The molecule has 1 aliphatic carbocycles. The van der Waals surface area contributed by atoms with Crippen LogP contribution in [-0.4, -0.2) is 44.7 Å². The largest absolute Gasteiger partial charge is 0.383 e. The van der Waals surface area contributed by atoms with Gasteiger partial charge < -0.3 is 21.1 Å². The zero-order chi connectivity index (χ0) is 12.7. The average Bonchev–Trinajstić information content (AvgIpc) is 3.10. The van der Waals surface area contributed by atoms with Gasteiger partial charge in [-0.25, -0.2) is 0 Å². The van der Waals surface area contributed by atoms with Crippen molar-refractivity contribution in [2.75, 3.05) is 26.8 Å². The van der Waals surface area contributed by atoms with Crippen LogP contribution >= 0.6 is 0 Å². The van der Waals surface area contributed by atoms with Crippen molar-refractivity contribution >= 4 is 11.8 Å². The topological polar surface area (TPSA) is 93.5 Å². The molecule has 1 atom stereocenters. The lowest BCUT2D eigenvalue weighted by atomic mass is 10.1. The van der Waals surface area contributed by atoms with E-state index in [2.05, 4.69) is 10.6 Å². The highest BCUT2D eigenvalue weighted by molar-refractivity contribution is 5.87. The molecule has 0 heterocycles. The van der Waals surface area contributed by atoms with E-state index in [0.717, 1.165) is 6.42 Å². The molecule has 1 fully saturated rings. The van der Waals surface area contributed by atoms with Crippen LogP contribution in [0.15, 0.2) is 0 Å². The summed E-state index contributed by atoms with van der Waals surface area (Å²) in [6, 6.07) is -0.491. The van der Waals surface area contributed by atoms with Crippen LogP contribution in [-0.2, 0) is 14.3 Å². The van der Waals surface area contributed by atoms with Crippen molar-refractivity contribution in [1.82, 2.24) is 10.6 Å². The number of amides is 2. The average molecular weight is 243 g/mol. The van der Waals surface area contributed by atoms with Crippen molar-refractivity contribution in [3.63, 3.8) is 0 Å². The lowest BCUT2D eigenvalue weighted by molar-refractivity contribution is -0.127. The second-order valence-corrected chi connectivity index (χ2v) is 4.35. The molecule has 6 nitrogen and oxygen atoms in total. The highest BCUT2D eigenvalue weighted by Crippen LogP contribution is 2.32. The molecule has 1 unspecified atom stereocenters. The highest BCUT2D eigenvalue weighted by atomic mass is 16.5. The van der Waals surface area contributed by atoms with Gasteiger partial charge in [-0.3, -0.25) is 9.59 Å².